The molecule has 1 heterocycles. The van der Waals surface area contributed by atoms with Crippen molar-refractivity contribution in [2.24, 2.45) is 0 Å². The van der Waals surface area contributed by atoms with E-state index in [9.17, 15) is 4.79 Å². The monoisotopic (exact) mass is 230 g/mol. The van der Waals surface area contributed by atoms with Crippen LogP contribution < -0.4 is 0 Å². The highest BCUT2D eigenvalue weighted by molar-refractivity contribution is 5.94. The molecule has 1 fully saturated rings. The van der Waals surface area contributed by atoms with Gasteiger partial charge in [-0.1, -0.05) is 36.4 Å². The minimum atomic E-state index is 0.234. The van der Waals surface area contributed by atoms with Crippen molar-refractivity contribution in [3.8, 4) is 0 Å². The fourth-order valence-corrected chi connectivity index (χ4v) is 2.44. The molecule has 0 N–H and O–H groups in total. The van der Waals surface area contributed by atoms with Crippen molar-refractivity contribution in [1.29, 1.82) is 0 Å². The van der Waals surface area contributed by atoms with E-state index in [1.165, 1.54) is 12.8 Å². The highest BCUT2D eigenvalue weighted by atomic mass is 16.1. The lowest BCUT2D eigenvalue weighted by Crippen LogP contribution is -2.44. The van der Waals surface area contributed by atoms with Crippen LogP contribution in [-0.2, 0) is 4.79 Å². The summed E-state index contributed by atoms with van der Waals surface area (Å²) in [6.45, 7) is 2.93. The number of hydrogen-bond acceptors (Lipinski definition) is 1. The lowest BCUT2D eigenvalue weighted by atomic mass is 10.2. The molecule has 0 unspecified atom stereocenters. The van der Waals surface area contributed by atoms with Crippen LogP contribution in [0.25, 0.3) is 6.08 Å². The number of rotatable bonds is 4. The minimum Gasteiger partial charge on any atom is -0.320 e. The fraction of sp³-hybridized carbons (Fsp3) is 0.400. The van der Waals surface area contributed by atoms with Crippen LogP contribution in [0.3, 0.4) is 0 Å². The number of carbonyl (C=O) groups excluding carboxylic acids is 1. The molecule has 0 bridgehead atoms. The zero-order valence-electron chi connectivity index (χ0n) is 10.4. The van der Waals surface area contributed by atoms with Crippen molar-refractivity contribution in [3.05, 3.63) is 42.0 Å². The molecule has 0 aromatic heterocycles. The predicted molar refractivity (Wildman–Crippen MR) is 70.5 cm³/mol. The van der Waals surface area contributed by atoms with Gasteiger partial charge in [0.1, 0.15) is 6.54 Å². The molecule has 0 radical (unpaired) electrons. The van der Waals surface area contributed by atoms with Crippen LogP contribution in [0.1, 0.15) is 18.4 Å². The second-order valence-electron chi connectivity index (χ2n) is 5.14. The molecule has 0 spiro atoms. The average Bonchev–Trinajstić information content (AvgIpc) is 2.74. The largest absolute Gasteiger partial charge is 0.320 e. The van der Waals surface area contributed by atoms with Gasteiger partial charge in [-0.2, -0.15) is 0 Å². The summed E-state index contributed by atoms with van der Waals surface area (Å²) in [5, 5.41) is 0. The molecule has 2 nitrogen and oxygen atoms in total. The molecule has 2 rings (SSSR count). The average molecular weight is 230 g/mol. The Morgan fingerprint density at radius 3 is 2.53 bits per heavy atom. The predicted octanol–water partition coefficient (Wildman–Crippen LogP) is 2.51. The first kappa shape index (κ1) is 12.1. The van der Waals surface area contributed by atoms with Crippen molar-refractivity contribution in [3.63, 3.8) is 0 Å². The van der Waals surface area contributed by atoms with Gasteiger partial charge in [0.15, 0.2) is 0 Å². The van der Waals surface area contributed by atoms with Gasteiger partial charge in [-0.25, -0.2) is 0 Å². The van der Waals surface area contributed by atoms with E-state index in [0.717, 1.165) is 23.1 Å². The lowest BCUT2D eigenvalue weighted by molar-refractivity contribution is -0.889. The van der Waals surface area contributed by atoms with Gasteiger partial charge in [0, 0.05) is 12.8 Å². The Kier molecular flexibility index (Phi) is 3.75. The second kappa shape index (κ2) is 5.28. The van der Waals surface area contributed by atoms with Gasteiger partial charge < -0.3 is 4.48 Å². The van der Waals surface area contributed by atoms with E-state index in [2.05, 4.69) is 7.05 Å². The van der Waals surface area contributed by atoms with E-state index < -0.39 is 0 Å². The Bertz CT molecular complexity index is 402. The molecule has 1 aromatic rings. The standard InChI is InChI=1S/C15H20NO/c1-16(11-5-6-12-16)13-15(17)10-9-14-7-3-2-4-8-14/h2-4,7-10H,5-6,11-13H2,1H3/q+1/b10-9+. The summed E-state index contributed by atoms with van der Waals surface area (Å²) in [7, 11) is 2.18. The van der Waals surface area contributed by atoms with Crippen LogP contribution in [0.5, 0.6) is 0 Å². The first-order valence-corrected chi connectivity index (χ1v) is 6.27. The van der Waals surface area contributed by atoms with E-state index in [0.29, 0.717) is 6.54 Å². The third-order valence-corrected chi connectivity index (χ3v) is 3.44. The van der Waals surface area contributed by atoms with Gasteiger partial charge >= 0.3 is 0 Å². The van der Waals surface area contributed by atoms with Crippen LogP contribution in [0.15, 0.2) is 36.4 Å². The number of hydrogen-bond donors (Lipinski definition) is 0. The maximum Gasteiger partial charge on any atom is 0.209 e. The molecule has 1 aliphatic heterocycles. The fourth-order valence-electron chi connectivity index (χ4n) is 2.44. The van der Waals surface area contributed by atoms with Crippen molar-refractivity contribution < 1.29 is 9.28 Å². The van der Waals surface area contributed by atoms with Gasteiger partial charge in [0.05, 0.1) is 20.1 Å². The Morgan fingerprint density at radius 2 is 1.88 bits per heavy atom. The zero-order chi connectivity index (χ0) is 12.1. The quantitative estimate of drug-likeness (QED) is 0.574. The van der Waals surface area contributed by atoms with Crippen LogP contribution in [0.4, 0.5) is 0 Å². The molecular weight excluding hydrogens is 210 g/mol. The molecule has 0 saturated carbocycles. The SMILES string of the molecule is C[N+]1(CC(=O)/C=C/c2ccccc2)CCCC1. The van der Waals surface area contributed by atoms with Crippen LogP contribution in [0, 0.1) is 0 Å². The highest BCUT2D eigenvalue weighted by Gasteiger charge is 2.28. The van der Waals surface area contributed by atoms with E-state index in [1.54, 1.807) is 6.08 Å². The molecule has 90 valence electrons. The number of ketones is 1. The van der Waals surface area contributed by atoms with Crippen molar-refractivity contribution in [2.45, 2.75) is 12.8 Å². The molecule has 1 aromatic carbocycles. The number of benzene rings is 1. The lowest BCUT2D eigenvalue weighted by Gasteiger charge is -2.27. The van der Waals surface area contributed by atoms with Gasteiger partial charge in [-0.05, 0) is 11.6 Å². The van der Waals surface area contributed by atoms with Crippen molar-refractivity contribution in [1.82, 2.24) is 0 Å². The summed E-state index contributed by atoms with van der Waals surface area (Å²) in [5.74, 6) is 0.234. The maximum atomic E-state index is 11.9. The molecule has 0 aliphatic carbocycles. The number of carbonyl (C=O) groups is 1. The summed E-state index contributed by atoms with van der Waals surface area (Å²) < 4.78 is 0.915. The summed E-state index contributed by atoms with van der Waals surface area (Å²) in [5.41, 5.74) is 1.09. The first-order valence-electron chi connectivity index (χ1n) is 6.27. The Morgan fingerprint density at radius 1 is 1.24 bits per heavy atom. The number of nitrogens with zero attached hydrogens (tertiary/aromatic N) is 1. The third-order valence-electron chi connectivity index (χ3n) is 3.44. The smallest absolute Gasteiger partial charge is 0.209 e. The van der Waals surface area contributed by atoms with Crippen LogP contribution >= 0.6 is 0 Å². The first-order chi connectivity index (χ1) is 8.18. The molecule has 0 atom stereocenters. The van der Waals surface area contributed by atoms with Gasteiger partial charge in [0.2, 0.25) is 5.78 Å². The van der Waals surface area contributed by atoms with E-state index in [4.69, 9.17) is 0 Å². The molecule has 1 aliphatic rings. The van der Waals surface area contributed by atoms with Crippen LogP contribution in [0.2, 0.25) is 0 Å². The molecule has 2 heteroatoms. The van der Waals surface area contributed by atoms with E-state index in [-0.39, 0.29) is 5.78 Å². The number of likely N-dealkylation sites (tertiary alicyclic amines) is 1. The summed E-state index contributed by atoms with van der Waals surface area (Å²) in [6.07, 6.45) is 6.14. The van der Waals surface area contributed by atoms with E-state index >= 15 is 0 Å². The van der Waals surface area contributed by atoms with Gasteiger partial charge in [-0.3, -0.25) is 4.79 Å². The highest BCUT2D eigenvalue weighted by Crippen LogP contribution is 2.16. The Balaban J connectivity index is 1.91. The normalized spacial score (nSPS) is 18.6. The molecule has 1 saturated heterocycles. The molecule has 17 heavy (non-hydrogen) atoms. The summed E-state index contributed by atoms with van der Waals surface area (Å²) in [4.78, 5) is 11.9. The number of likely N-dealkylation sites (N-methyl/N-ethyl adjacent to an activating group) is 1. The number of quaternary nitrogens is 1. The van der Waals surface area contributed by atoms with Gasteiger partial charge in [-0.15, -0.1) is 0 Å². The summed E-state index contributed by atoms with van der Waals surface area (Å²) in [6, 6.07) is 9.97. The molecular formula is C15H20NO+. The molecule has 0 amide bonds. The summed E-state index contributed by atoms with van der Waals surface area (Å²) >= 11 is 0. The third kappa shape index (κ3) is 3.53. The van der Waals surface area contributed by atoms with Crippen molar-refractivity contribution in [2.75, 3.05) is 26.7 Å². The van der Waals surface area contributed by atoms with E-state index in [1.807, 2.05) is 36.4 Å². The Hall–Kier alpha value is -1.41. The Labute approximate surface area is 103 Å². The minimum absolute atomic E-state index is 0.234. The van der Waals surface area contributed by atoms with Gasteiger partial charge in [0.25, 0.3) is 0 Å². The van der Waals surface area contributed by atoms with Crippen molar-refractivity contribution >= 4 is 11.9 Å². The second-order valence-corrected chi connectivity index (χ2v) is 5.14. The topological polar surface area (TPSA) is 17.1 Å². The van der Waals surface area contributed by atoms with Crippen LogP contribution in [-0.4, -0.2) is 36.9 Å². The zero-order valence-corrected chi connectivity index (χ0v) is 10.4. The maximum absolute atomic E-state index is 11.9.